The van der Waals surface area contributed by atoms with Crippen LogP contribution in [0.3, 0.4) is 0 Å². The lowest BCUT2D eigenvalue weighted by Gasteiger charge is -2.17. The predicted molar refractivity (Wildman–Crippen MR) is 145 cm³/mol. The van der Waals surface area contributed by atoms with Gasteiger partial charge >= 0.3 is 6.36 Å². The number of benzene rings is 3. The van der Waals surface area contributed by atoms with E-state index in [0.717, 1.165) is 52.2 Å². The van der Waals surface area contributed by atoms with Gasteiger partial charge in [0.25, 0.3) is 0 Å². The van der Waals surface area contributed by atoms with Crippen LogP contribution in [-0.4, -0.2) is 39.0 Å². The summed E-state index contributed by atoms with van der Waals surface area (Å²) in [5.74, 6) is -0.277. The lowest BCUT2D eigenvalue weighted by Crippen LogP contribution is -2.17. The summed E-state index contributed by atoms with van der Waals surface area (Å²) in [5, 5.41) is 8.65. The van der Waals surface area contributed by atoms with Crippen LogP contribution < -0.4 is 4.74 Å². The summed E-state index contributed by atoms with van der Waals surface area (Å²) in [7, 11) is 0. The molecule has 1 heterocycles. The minimum atomic E-state index is -4.73. The quantitative estimate of drug-likeness (QED) is 0.191. The first-order valence-electron chi connectivity index (χ1n) is 12.3. The standard InChI is InChI=1S/C29H25F3N4OS/c1-2-20-5-3-4-6-21(20)16-25(38)18-33-17-19-7-13-26-22(15-19)8-14-27-28(26)34-35-36(27)23-9-11-24(12-10-23)37-29(30,31)32/h3-7,9-13,15,17H,2,8,14,16,18H2,1H3. The monoisotopic (exact) mass is 534 g/mol. The third-order valence-electron chi connectivity index (χ3n) is 6.49. The second-order valence-electron chi connectivity index (χ2n) is 9.06. The summed E-state index contributed by atoms with van der Waals surface area (Å²) in [4.78, 5) is 5.48. The van der Waals surface area contributed by atoms with E-state index in [0.29, 0.717) is 18.7 Å². The zero-order valence-electron chi connectivity index (χ0n) is 20.7. The summed E-state index contributed by atoms with van der Waals surface area (Å²) in [6.45, 7) is 2.64. The molecule has 0 spiro atoms. The topological polar surface area (TPSA) is 52.3 Å². The van der Waals surface area contributed by atoms with Crippen molar-refractivity contribution in [1.29, 1.82) is 0 Å². The average Bonchev–Trinajstić information content (AvgIpc) is 3.33. The van der Waals surface area contributed by atoms with Crippen LogP contribution >= 0.6 is 12.2 Å². The van der Waals surface area contributed by atoms with Crippen molar-refractivity contribution in [3.8, 4) is 22.7 Å². The summed E-state index contributed by atoms with van der Waals surface area (Å²) in [5.41, 5.74) is 8.05. The number of rotatable bonds is 8. The number of halogens is 3. The molecule has 0 bridgehead atoms. The molecule has 9 heteroatoms. The zero-order valence-corrected chi connectivity index (χ0v) is 21.5. The van der Waals surface area contributed by atoms with Crippen molar-refractivity contribution in [2.24, 2.45) is 4.99 Å². The second-order valence-corrected chi connectivity index (χ2v) is 9.64. The van der Waals surface area contributed by atoms with Gasteiger partial charge in [-0.05, 0) is 71.8 Å². The Kier molecular flexibility index (Phi) is 7.37. The number of aryl methyl sites for hydroxylation is 2. The average molecular weight is 535 g/mol. The maximum absolute atomic E-state index is 12.5. The Hall–Kier alpha value is -3.85. The number of hydrogen-bond acceptors (Lipinski definition) is 5. The van der Waals surface area contributed by atoms with E-state index in [1.54, 1.807) is 4.68 Å². The van der Waals surface area contributed by atoms with E-state index < -0.39 is 6.36 Å². The van der Waals surface area contributed by atoms with Crippen LogP contribution in [0.4, 0.5) is 13.2 Å². The molecule has 38 heavy (non-hydrogen) atoms. The third-order valence-corrected chi connectivity index (χ3v) is 6.76. The van der Waals surface area contributed by atoms with Gasteiger partial charge in [0.2, 0.25) is 0 Å². The first-order valence-corrected chi connectivity index (χ1v) is 12.7. The van der Waals surface area contributed by atoms with Gasteiger partial charge in [-0.25, -0.2) is 4.68 Å². The Labute approximate surface area is 224 Å². The van der Waals surface area contributed by atoms with Crippen molar-refractivity contribution in [2.75, 3.05) is 6.54 Å². The number of alkyl halides is 3. The molecule has 0 N–H and O–H groups in total. The highest BCUT2D eigenvalue weighted by Crippen LogP contribution is 2.33. The molecule has 0 fully saturated rings. The molecule has 0 aliphatic heterocycles. The Morgan fingerprint density at radius 2 is 1.82 bits per heavy atom. The van der Waals surface area contributed by atoms with Gasteiger partial charge in [0.15, 0.2) is 0 Å². The first-order chi connectivity index (χ1) is 18.3. The molecule has 0 saturated heterocycles. The van der Waals surface area contributed by atoms with Gasteiger partial charge in [-0.1, -0.05) is 60.8 Å². The van der Waals surface area contributed by atoms with Gasteiger partial charge in [0, 0.05) is 23.1 Å². The Morgan fingerprint density at radius 3 is 2.55 bits per heavy atom. The number of aliphatic imine (C=N–C) groups is 1. The minimum Gasteiger partial charge on any atom is -0.406 e. The molecule has 0 unspecified atom stereocenters. The van der Waals surface area contributed by atoms with Crippen LogP contribution in [-0.2, 0) is 25.7 Å². The van der Waals surface area contributed by atoms with Crippen molar-refractivity contribution in [3.63, 3.8) is 0 Å². The fraction of sp³-hybridized carbons (Fsp3) is 0.241. The molecule has 1 aliphatic carbocycles. The molecule has 5 nitrogen and oxygen atoms in total. The minimum absolute atomic E-state index is 0.277. The van der Waals surface area contributed by atoms with E-state index in [1.165, 1.54) is 35.4 Å². The number of thiocarbonyl (C=S) groups is 1. The lowest BCUT2D eigenvalue weighted by atomic mass is 9.91. The lowest BCUT2D eigenvalue weighted by molar-refractivity contribution is -0.274. The summed E-state index contributed by atoms with van der Waals surface area (Å²) < 4.78 is 43.0. The Balaban J connectivity index is 1.27. The van der Waals surface area contributed by atoms with Crippen LogP contribution in [0.1, 0.15) is 34.9 Å². The van der Waals surface area contributed by atoms with E-state index >= 15 is 0 Å². The maximum atomic E-state index is 12.5. The largest absolute Gasteiger partial charge is 0.573 e. The highest BCUT2D eigenvalue weighted by molar-refractivity contribution is 7.80. The van der Waals surface area contributed by atoms with E-state index in [2.05, 4.69) is 51.2 Å². The highest BCUT2D eigenvalue weighted by atomic mass is 32.1. The normalized spacial score (nSPS) is 12.8. The van der Waals surface area contributed by atoms with Crippen LogP contribution in [0, 0.1) is 0 Å². The molecule has 1 aromatic heterocycles. The predicted octanol–water partition coefficient (Wildman–Crippen LogP) is 6.53. The molecule has 4 aromatic rings. The molecule has 5 rings (SSSR count). The van der Waals surface area contributed by atoms with Crippen molar-refractivity contribution >= 4 is 23.3 Å². The van der Waals surface area contributed by atoms with Gasteiger partial charge in [-0.15, -0.1) is 18.3 Å². The summed E-state index contributed by atoms with van der Waals surface area (Å²) in [6.07, 6.45) is 0.354. The SMILES string of the molecule is CCc1ccccc1CC(=S)CN=Cc1ccc2c(c1)CCc1c-2nnn1-c1ccc(OC(F)(F)F)cc1. The van der Waals surface area contributed by atoms with Gasteiger partial charge < -0.3 is 4.74 Å². The zero-order chi connectivity index (χ0) is 26.7. The molecular weight excluding hydrogens is 509 g/mol. The molecule has 1 aliphatic rings. The van der Waals surface area contributed by atoms with Crippen LogP contribution in [0.15, 0.2) is 71.7 Å². The van der Waals surface area contributed by atoms with Crippen molar-refractivity contribution in [1.82, 2.24) is 15.0 Å². The van der Waals surface area contributed by atoms with Gasteiger partial charge in [0.05, 0.1) is 17.9 Å². The molecule has 0 radical (unpaired) electrons. The van der Waals surface area contributed by atoms with Gasteiger partial charge in [-0.3, -0.25) is 4.99 Å². The van der Waals surface area contributed by atoms with Crippen molar-refractivity contribution < 1.29 is 17.9 Å². The van der Waals surface area contributed by atoms with Crippen LogP contribution in [0.2, 0.25) is 0 Å². The number of fused-ring (bicyclic) bond motifs is 3. The smallest absolute Gasteiger partial charge is 0.406 e. The maximum Gasteiger partial charge on any atom is 0.573 e. The molecule has 3 aromatic carbocycles. The van der Waals surface area contributed by atoms with Gasteiger partial charge in [0.1, 0.15) is 11.4 Å². The molecular formula is C29H25F3N4OS. The number of aromatic nitrogens is 3. The van der Waals surface area contributed by atoms with Crippen molar-refractivity contribution in [3.05, 3.63) is 94.7 Å². The Morgan fingerprint density at radius 1 is 1.05 bits per heavy atom. The van der Waals surface area contributed by atoms with Crippen molar-refractivity contribution in [2.45, 2.75) is 39.0 Å². The third kappa shape index (κ3) is 5.83. The second kappa shape index (κ2) is 10.9. The van der Waals surface area contributed by atoms with Crippen LogP contribution in [0.25, 0.3) is 16.9 Å². The molecule has 194 valence electrons. The van der Waals surface area contributed by atoms with E-state index in [4.69, 9.17) is 12.2 Å². The van der Waals surface area contributed by atoms with E-state index in [-0.39, 0.29) is 5.75 Å². The number of hydrogen-bond donors (Lipinski definition) is 0. The fourth-order valence-corrected chi connectivity index (χ4v) is 4.94. The number of ether oxygens (including phenoxy) is 1. The Bertz CT molecular complexity index is 1490. The highest BCUT2D eigenvalue weighted by Gasteiger charge is 2.31. The molecule has 0 amide bonds. The van der Waals surface area contributed by atoms with Gasteiger partial charge in [-0.2, -0.15) is 0 Å². The summed E-state index contributed by atoms with van der Waals surface area (Å²) >= 11 is 5.58. The molecule has 0 saturated carbocycles. The number of nitrogens with zero attached hydrogens (tertiary/aromatic N) is 4. The first kappa shape index (κ1) is 25.8. The van der Waals surface area contributed by atoms with Crippen LogP contribution in [0.5, 0.6) is 5.75 Å². The van der Waals surface area contributed by atoms with E-state index in [9.17, 15) is 13.2 Å². The van der Waals surface area contributed by atoms with E-state index in [1.807, 2.05) is 24.4 Å². The fourth-order valence-electron chi connectivity index (χ4n) is 4.71. The molecule has 0 atom stereocenters. The summed E-state index contributed by atoms with van der Waals surface area (Å²) in [6, 6.07) is 20.1.